The zero-order chi connectivity index (χ0) is 34.3. The number of benzene rings is 3. The van der Waals surface area contributed by atoms with Crippen LogP contribution < -0.4 is 0 Å². The number of nitriles is 1. The summed E-state index contributed by atoms with van der Waals surface area (Å²) in [7, 11) is 0. The standard InChI is InChI=1S/C35H30F4N4O4S/c1-22-7-10-26(36)14-29(22)34(44)47-35(19-43-21-41-20-42-43,30-12-11-27(37)15-32(30)39)23(2)48-28-17-45-33(46-18-28)6-4-3-5-25-9-8-24(16-40)13-31(25)38/h3-15,20-21,23,28,33H,17-19H2,1-2H3/b5-3+,6-4+/t23-,28?,33?,35-/m1/s1. The van der Waals surface area contributed by atoms with Crippen LogP contribution in [-0.4, -0.2) is 50.7 Å². The van der Waals surface area contributed by atoms with Crippen molar-refractivity contribution in [2.75, 3.05) is 13.2 Å². The van der Waals surface area contributed by atoms with Gasteiger partial charge in [-0.25, -0.2) is 32.0 Å². The second kappa shape index (κ2) is 15.4. The number of esters is 1. The van der Waals surface area contributed by atoms with E-state index in [4.69, 9.17) is 19.5 Å². The lowest BCUT2D eigenvalue weighted by molar-refractivity contribution is -0.146. The number of nitrogens with zero attached hydrogens (tertiary/aromatic N) is 4. The third kappa shape index (κ3) is 8.20. The average Bonchev–Trinajstić information content (AvgIpc) is 3.58. The van der Waals surface area contributed by atoms with Crippen LogP contribution in [0.5, 0.6) is 0 Å². The predicted molar refractivity (Wildman–Crippen MR) is 170 cm³/mol. The fourth-order valence-corrected chi connectivity index (χ4v) is 6.52. The van der Waals surface area contributed by atoms with Crippen LogP contribution in [0.1, 0.15) is 39.5 Å². The second-order valence-electron chi connectivity index (χ2n) is 11.0. The second-order valence-corrected chi connectivity index (χ2v) is 12.6. The Kier molecular flexibility index (Phi) is 11.1. The minimum Gasteiger partial charge on any atom is -0.447 e. The molecule has 0 amide bonds. The van der Waals surface area contributed by atoms with Crippen LogP contribution in [0.25, 0.3) is 6.08 Å². The molecule has 8 nitrogen and oxygen atoms in total. The van der Waals surface area contributed by atoms with E-state index in [0.29, 0.717) is 17.2 Å². The molecule has 1 fully saturated rings. The molecule has 1 aliphatic rings. The Hall–Kier alpha value is -4.77. The summed E-state index contributed by atoms with van der Waals surface area (Å²) in [6.45, 7) is 3.57. The molecular formula is C35H30F4N4O4S. The number of aromatic nitrogens is 3. The Morgan fingerprint density at radius 3 is 2.52 bits per heavy atom. The van der Waals surface area contributed by atoms with Crippen LogP contribution in [0.3, 0.4) is 0 Å². The Morgan fingerprint density at radius 1 is 1.08 bits per heavy atom. The van der Waals surface area contributed by atoms with Crippen molar-refractivity contribution in [3.8, 4) is 6.07 Å². The molecule has 1 aliphatic heterocycles. The van der Waals surface area contributed by atoms with Gasteiger partial charge in [0.1, 0.15) is 35.9 Å². The predicted octanol–water partition coefficient (Wildman–Crippen LogP) is 6.90. The maximum Gasteiger partial charge on any atom is 0.339 e. The summed E-state index contributed by atoms with van der Waals surface area (Å²) >= 11 is 1.31. The van der Waals surface area contributed by atoms with E-state index in [1.807, 2.05) is 6.07 Å². The van der Waals surface area contributed by atoms with E-state index >= 15 is 4.39 Å². The summed E-state index contributed by atoms with van der Waals surface area (Å²) in [5.74, 6) is -3.83. The summed E-state index contributed by atoms with van der Waals surface area (Å²) in [5, 5.41) is 12.0. The lowest BCUT2D eigenvalue weighted by Gasteiger charge is -2.40. The van der Waals surface area contributed by atoms with E-state index in [9.17, 15) is 18.0 Å². The van der Waals surface area contributed by atoms with Crippen molar-refractivity contribution in [1.82, 2.24) is 14.8 Å². The number of rotatable bonds is 11. The van der Waals surface area contributed by atoms with Gasteiger partial charge in [-0.05, 0) is 61.9 Å². The molecule has 4 aromatic rings. The molecule has 0 unspecified atom stereocenters. The van der Waals surface area contributed by atoms with Crippen molar-refractivity contribution in [3.05, 3.63) is 137 Å². The van der Waals surface area contributed by atoms with Crippen LogP contribution in [0.15, 0.2) is 85.5 Å². The van der Waals surface area contributed by atoms with Crippen molar-refractivity contribution in [2.45, 2.75) is 42.8 Å². The molecule has 1 aromatic heterocycles. The molecule has 3 aromatic carbocycles. The minimum atomic E-state index is -1.78. The topological polar surface area (TPSA) is 99.3 Å². The van der Waals surface area contributed by atoms with Gasteiger partial charge in [0.15, 0.2) is 11.9 Å². The summed E-state index contributed by atoms with van der Waals surface area (Å²) in [6, 6.07) is 12.8. The number of hydrogen-bond donors (Lipinski definition) is 0. The number of ether oxygens (including phenoxy) is 3. The average molecular weight is 679 g/mol. The maximum atomic E-state index is 15.6. The molecule has 13 heteroatoms. The van der Waals surface area contributed by atoms with Gasteiger partial charge in [0.25, 0.3) is 0 Å². The van der Waals surface area contributed by atoms with Gasteiger partial charge in [-0.1, -0.05) is 30.4 Å². The first kappa shape index (κ1) is 34.6. The van der Waals surface area contributed by atoms with E-state index < -0.39 is 46.4 Å². The molecule has 0 saturated carbocycles. The van der Waals surface area contributed by atoms with Crippen LogP contribution >= 0.6 is 11.8 Å². The molecule has 0 radical (unpaired) electrons. The van der Waals surface area contributed by atoms with Gasteiger partial charge in [0.2, 0.25) is 0 Å². The molecule has 0 aliphatic carbocycles. The molecule has 0 N–H and O–H groups in total. The van der Waals surface area contributed by atoms with Gasteiger partial charge >= 0.3 is 5.97 Å². The Morgan fingerprint density at radius 2 is 1.83 bits per heavy atom. The van der Waals surface area contributed by atoms with E-state index in [0.717, 1.165) is 18.2 Å². The highest BCUT2D eigenvalue weighted by atomic mass is 32.2. The quantitative estimate of drug-likeness (QED) is 0.0960. The number of hydrogen-bond acceptors (Lipinski definition) is 8. The molecule has 5 rings (SSSR count). The molecule has 48 heavy (non-hydrogen) atoms. The molecule has 2 heterocycles. The Balaban J connectivity index is 1.35. The largest absolute Gasteiger partial charge is 0.447 e. The third-order valence-corrected chi connectivity index (χ3v) is 9.12. The number of allylic oxidation sites excluding steroid dienone is 2. The fourth-order valence-electron chi connectivity index (χ4n) is 5.16. The number of halogens is 4. The molecule has 0 bridgehead atoms. The highest BCUT2D eigenvalue weighted by molar-refractivity contribution is 8.00. The minimum absolute atomic E-state index is 0.0485. The van der Waals surface area contributed by atoms with Crippen molar-refractivity contribution in [2.24, 2.45) is 0 Å². The normalized spacial score (nSPS) is 18.4. The lowest BCUT2D eigenvalue weighted by Crippen LogP contribution is -2.47. The van der Waals surface area contributed by atoms with E-state index in [1.165, 1.54) is 59.4 Å². The summed E-state index contributed by atoms with van der Waals surface area (Å²) < 4.78 is 77.3. The van der Waals surface area contributed by atoms with Gasteiger partial charge in [-0.3, -0.25) is 0 Å². The zero-order valence-electron chi connectivity index (χ0n) is 25.9. The van der Waals surface area contributed by atoms with Crippen molar-refractivity contribution < 1.29 is 36.6 Å². The Bertz CT molecular complexity index is 1860. The van der Waals surface area contributed by atoms with Crippen molar-refractivity contribution in [3.63, 3.8) is 0 Å². The van der Waals surface area contributed by atoms with E-state index in [-0.39, 0.29) is 41.7 Å². The van der Waals surface area contributed by atoms with E-state index in [2.05, 4.69) is 10.1 Å². The number of carbonyl (C=O) groups is 1. The molecule has 2 atom stereocenters. The van der Waals surface area contributed by atoms with Gasteiger partial charge in [0.05, 0.1) is 42.2 Å². The monoisotopic (exact) mass is 678 g/mol. The highest BCUT2D eigenvalue weighted by Gasteiger charge is 2.47. The van der Waals surface area contributed by atoms with Crippen molar-refractivity contribution >= 4 is 23.8 Å². The first-order valence-corrected chi connectivity index (χ1v) is 15.7. The smallest absolute Gasteiger partial charge is 0.339 e. The summed E-state index contributed by atoms with van der Waals surface area (Å²) in [6.07, 6.45) is 8.41. The van der Waals surface area contributed by atoms with Gasteiger partial charge < -0.3 is 14.2 Å². The number of aryl methyl sites for hydroxylation is 1. The number of thioether (sulfide) groups is 1. The summed E-state index contributed by atoms with van der Waals surface area (Å²) in [4.78, 5) is 17.6. The van der Waals surface area contributed by atoms with Gasteiger partial charge in [-0.2, -0.15) is 10.4 Å². The summed E-state index contributed by atoms with van der Waals surface area (Å²) in [5.41, 5.74) is -0.952. The molecule has 0 spiro atoms. The number of carbonyl (C=O) groups excluding carboxylic acids is 1. The molecular weight excluding hydrogens is 648 g/mol. The molecule has 1 saturated heterocycles. The van der Waals surface area contributed by atoms with Crippen LogP contribution in [0, 0.1) is 41.5 Å². The SMILES string of the molecule is Cc1ccc(F)cc1C(=O)O[C@@](Cn1cncn1)(c1ccc(F)cc1F)[C@@H](C)SC1COC(/C=C/C=C/c2ccc(C#N)cc2F)OC1. The van der Waals surface area contributed by atoms with Crippen LogP contribution in [-0.2, 0) is 26.4 Å². The zero-order valence-corrected chi connectivity index (χ0v) is 26.7. The van der Waals surface area contributed by atoms with Gasteiger partial charge in [-0.15, -0.1) is 11.8 Å². The maximum absolute atomic E-state index is 15.6. The third-order valence-electron chi connectivity index (χ3n) is 7.68. The van der Waals surface area contributed by atoms with Crippen LogP contribution in [0.4, 0.5) is 17.6 Å². The molecule has 248 valence electrons. The first-order valence-electron chi connectivity index (χ1n) is 14.8. The van der Waals surface area contributed by atoms with Crippen LogP contribution in [0.2, 0.25) is 0 Å². The lowest BCUT2D eigenvalue weighted by atomic mass is 9.89. The highest BCUT2D eigenvalue weighted by Crippen LogP contribution is 2.42. The first-order chi connectivity index (χ1) is 23.1. The Labute approximate surface area is 278 Å². The van der Waals surface area contributed by atoms with E-state index in [1.54, 1.807) is 38.2 Å². The fraction of sp³-hybridized carbons (Fsp3) is 0.257. The van der Waals surface area contributed by atoms with Crippen molar-refractivity contribution in [1.29, 1.82) is 5.26 Å². The van der Waals surface area contributed by atoms with Gasteiger partial charge in [0, 0.05) is 22.4 Å².